The van der Waals surface area contributed by atoms with Gasteiger partial charge in [0.2, 0.25) is 5.91 Å². The van der Waals surface area contributed by atoms with Crippen molar-refractivity contribution < 1.29 is 4.79 Å². The summed E-state index contributed by atoms with van der Waals surface area (Å²) < 4.78 is 1.84. The number of amides is 1. The zero-order chi connectivity index (χ0) is 16.9. The summed E-state index contributed by atoms with van der Waals surface area (Å²) in [5, 5.41) is 7.60. The van der Waals surface area contributed by atoms with Gasteiger partial charge in [-0.1, -0.05) is 50.3 Å². The Labute approximate surface area is 144 Å². The van der Waals surface area contributed by atoms with Crippen molar-refractivity contribution in [3.05, 3.63) is 41.6 Å². The van der Waals surface area contributed by atoms with E-state index in [2.05, 4.69) is 23.4 Å². The van der Waals surface area contributed by atoms with Crippen LogP contribution in [0.15, 0.2) is 30.3 Å². The lowest BCUT2D eigenvalue weighted by molar-refractivity contribution is -0.116. The van der Waals surface area contributed by atoms with Crippen molar-refractivity contribution in [1.29, 1.82) is 0 Å². The zero-order valence-electron chi connectivity index (χ0n) is 14.7. The van der Waals surface area contributed by atoms with Gasteiger partial charge < -0.3 is 5.32 Å². The smallest absolute Gasteiger partial charge is 0.225 e. The van der Waals surface area contributed by atoms with Crippen LogP contribution < -0.4 is 5.32 Å². The summed E-state index contributed by atoms with van der Waals surface area (Å²) in [7, 11) is 0. The summed E-state index contributed by atoms with van der Waals surface area (Å²) in [5.74, 6) is 1.58. The number of nitrogens with zero attached hydrogens (tertiary/aromatic N) is 2. The maximum Gasteiger partial charge on any atom is 0.225 e. The van der Waals surface area contributed by atoms with Crippen LogP contribution in [0.1, 0.15) is 56.2 Å². The first-order chi connectivity index (χ1) is 11.6. The first kappa shape index (κ1) is 16.7. The van der Waals surface area contributed by atoms with E-state index >= 15 is 0 Å². The molecule has 1 amide bonds. The molecule has 0 aliphatic heterocycles. The number of aryl methyl sites for hydroxylation is 2. The number of carbonyl (C=O) groups excluding carboxylic acids is 1. The van der Waals surface area contributed by atoms with E-state index < -0.39 is 0 Å². The predicted molar refractivity (Wildman–Crippen MR) is 97.5 cm³/mol. The zero-order valence-corrected chi connectivity index (χ0v) is 14.7. The van der Waals surface area contributed by atoms with E-state index in [9.17, 15) is 4.79 Å². The summed E-state index contributed by atoms with van der Waals surface area (Å²) >= 11 is 0. The standard InChI is InChI=1S/C20H27N3O/c1-15-8-6-7-11-18(15)23-19(14-16(2)22-23)21-20(24)13-12-17-9-4-3-5-10-17/h6-8,11,14,17H,3-5,9-10,12-13H2,1-2H3,(H,21,24). The molecular weight excluding hydrogens is 298 g/mol. The quantitative estimate of drug-likeness (QED) is 0.859. The molecule has 1 heterocycles. The second-order valence-electron chi connectivity index (χ2n) is 6.96. The third kappa shape index (κ3) is 4.05. The van der Waals surface area contributed by atoms with Gasteiger partial charge in [-0.2, -0.15) is 5.10 Å². The van der Waals surface area contributed by atoms with Crippen molar-refractivity contribution in [1.82, 2.24) is 9.78 Å². The Hall–Kier alpha value is -2.10. The van der Waals surface area contributed by atoms with Gasteiger partial charge in [-0.15, -0.1) is 0 Å². The highest BCUT2D eigenvalue weighted by molar-refractivity contribution is 5.90. The van der Waals surface area contributed by atoms with E-state index in [0.717, 1.165) is 35.1 Å². The van der Waals surface area contributed by atoms with E-state index in [1.165, 1.54) is 32.1 Å². The van der Waals surface area contributed by atoms with Gasteiger partial charge in [0.1, 0.15) is 5.82 Å². The van der Waals surface area contributed by atoms with E-state index in [0.29, 0.717) is 6.42 Å². The van der Waals surface area contributed by atoms with Crippen LogP contribution in [0.4, 0.5) is 5.82 Å². The maximum atomic E-state index is 12.4. The number of hydrogen-bond acceptors (Lipinski definition) is 2. The number of aromatic nitrogens is 2. The Morgan fingerprint density at radius 1 is 1.21 bits per heavy atom. The Balaban J connectivity index is 1.66. The van der Waals surface area contributed by atoms with Gasteiger partial charge in [0.05, 0.1) is 11.4 Å². The SMILES string of the molecule is Cc1cc(NC(=O)CCC2CCCCC2)n(-c2ccccc2C)n1. The lowest BCUT2D eigenvalue weighted by Crippen LogP contribution is -2.17. The van der Waals surface area contributed by atoms with E-state index in [-0.39, 0.29) is 5.91 Å². The Bertz CT molecular complexity index is 699. The lowest BCUT2D eigenvalue weighted by atomic mass is 9.86. The summed E-state index contributed by atoms with van der Waals surface area (Å²) in [6.45, 7) is 4.01. The Morgan fingerprint density at radius 3 is 2.71 bits per heavy atom. The van der Waals surface area contributed by atoms with Crippen molar-refractivity contribution in [3.63, 3.8) is 0 Å². The topological polar surface area (TPSA) is 46.9 Å². The fourth-order valence-electron chi connectivity index (χ4n) is 3.59. The summed E-state index contributed by atoms with van der Waals surface area (Å²) in [6, 6.07) is 10.0. The summed E-state index contributed by atoms with van der Waals surface area (Å²) in [6.07, 6.45) is 8.18. The Kier molecular flexibility index (Phi) is 5.34. The minimum Gasteiger partial charge on any atom is -0.311 e. The van der Waals surface area contributed by atoms with Crippen LogP contribution in [-0.4, -0.2) is 15.7 Å². The second kappa shape index (κ2) is 7.65. The molecule has 4 heteroatoms. The molecule has 0 atom stereocenters. The van der Waals surface area contributed by atoms with Crippen molar-refractivity contribution in [2.45, 2.75) is 58.8 Å². The monoisotopic (exact) mass is 325 g/mol. The van der Waals surface area contributed by atoms with E-state index in [1.807, 2.05) is 35.9 Å². The van der Waals surface area contributed by atoms with Gasteiger partial charge in [-0.05, 0) is 37.8 Å². The molecule has 1 aromatic heterocycles. The number of anilines is 1. The number of nitrogens with one attached hydrogen (secondary N) is 1. The molecule has 0 spiro atoms. The second-order valence-corrected chi connectivity index (χ2v) is 6.96. The van der Waals surface area contributed by atoms with Crippen molar-refractivity contribution in [2.24, 2.45) is 5.92 Å². The third-order valence-electron chi connectivity index (χ3n) is 4.95. The van der Waals surface area contributed by atoms with E-state index in [4.69, 9.17) is 0 Å². The molecule has 0 saturated heterocycles. The molecule has 1 saturated carbocycles. The average molecular weight is 325 g/mol. The van der Waals surface area contributed by atoms with Gasteiger partial charge >= 0.3 is 0 Å². The van der Waals surface area contributed by atoms with Crippen molar-refractivity contribution >= 4 is 11.7 Å². The Morgan fingerprint density at radius 2 is 1.96 bits per heavy atom. The van der Waals surface area contributed by atoms with Crippen LogP contribution in [0.25, 0.3) is 5.69 Å². The van der Waals surface area contributed by atoms with Gasteiger partial charge in [0, 0.05) is 12.5 Å². The average Bonchev–Trinajstić information content (AvgIpc) is 2.94. The number of para-hydroxylation sites is 1. The van der Waals surface area contributed by atoms with Crippen molar-refractivity contribution in [3.8, 4) is 5.69 Å². The molecule has 1 fully saturated rings. The predicted octanol–water partition coefficient (Wildman–Crippen LogP) is 4.79. The number of rotatable bonds is 5. The summed E-state index contributed by atoms with van der Waals surface area (Å²) in [5.41, 5.74) is 3.05. The summed E-state index contributed by atoms with van der Waals surface area (Å²) in [4.78, 5) is 12.4. The molecule has 1 N–H and O–H groups in total. The van der Waals surface area contributed by atoms with Gasteiger partial charge in [0.15, 0.2) is 0 Å². The number of carbonyl (C=O) groups is 1. The van der Waals surface area contributed by atoms with Crippen LogP contribution in [0.2, 0.25) is 0 Å². The fourth-order valence-corrected chi connectivity index (χ4v) is 3.59. The minimum atomic E-state index is 0.0929. The highest BCUT2D eigenvalue weighted by Crippen LogP contribution is 2.27. The molecule has 24 heavy (non-hydrogen) atoms. The molecule has 4 nitrogen and oxygen atoms in total. The first-order valence-electron chi connectivity index (χ1n) is 9.06. The van der Waals surface area contributed by atoms with Gasteiger partial charge in [-0.25, -0.2) is 4.68 Å². The molecule has 1 aliphatic carbocycles. The molecule has 0 bridgehead atoms. The van der Waals surface area contributed by atoms with Crippen LogP contribution >= 0.6 is 0 Å². The first-order valence-corrected chi connectivity index (χ1v) is 9.06. The van der Waals surface area contributed by atoms with Gasteiger partial charge in [0.25, 0.3) is 0 Å². The molecule has 3 rings (SSSR count). The largest absolute Gasteiger partial charge is 0.311 e. The van der Waals surface area contributed by atoms with Crippen LogP contribution in [0.3, 0.4) is 0 Å². The highest BCUT2D eigenvalue weighted by Gasteiger charge is 2.16. The van der Waals surface area contributed by atoms with Crippen molar-refractivity contribution in [2.75, 3.05) is 5.32 Å². The third-order valence-corrected chi connectivity index (χ3v) is 4.95. The molecule has 128 valence electrons. The molecule has 0 unspecified atom stereocenters. The normalized spacial score (nSPS) is 15.4. The number of benzene rings is 1. The van der Waals surface area contributed by atoms with Crippen LogP contribution in [0.5, 0.6) is 0 Å². The van der Waals surface area contributed by atoms with Crippen LogP contribution in [0, 0.1) is 19.8 Å². The highest BCUT2D eigenvalue weighted by atomic mass is 16.1. The molecule has 1 aromatic carbocycles. The van der Waals surface area contributed by atoms with Crippen LogP contribution in [-0.2, 0) is 4.79 Å². The van der Waals surface area contributed by atoms with Gasteiger partial charge in [-0.3, -0.25) is 4.79 Å². The molecular formula is C20H27N3O. The molecule has 1 aliphatic rings. The molecule has 2 aromatic rings. The van der Waals surface area contributed by atoms with E-state index in [1.54, 1.807) is 0 Å². The lowest BCUT2D eigenvalue weighted by Gasteiger charge is -2.21. The number of hydrogen-bond donors (Lipinski definition) is 1. The minimum absolute atomic E-state index is 0.0929. The maximum absolute atomic E-state index is 12.4. The fraction of sp³-hybridized carbons (Fsp3) is 0.500. The molecule has 0 radical (unpaired) electrons.